The molecule has 0 aromatic carbocycles. The summed E-state index contributed by atoms with van der Waals surface area (Å²) in [5.74, 6) is 1.66. The van der Waals surface area contributed by atoms with Gasteiger partial charge in [-0.3, -0.25) is 0 Å². The number of fused-ring (bicyclic) bond motifs is 5. The maximum atomic E-state index is 11.8. The molecular formula is C20H30O3. The third kappa shape index (κ3) is 1.99. The first kappa shape index (κ1) is 15.8. The Bertz CT molecular complexity index is 541. The number of aliphatic hydroxyl groups excluding tert-OH is 2. The molecule has 4 aliphatic rings. The average molecular weight is 318 g/mol. The van der Waals surface area contributed by atoms with Crippen LogP contribution in [-0.4, -0.2) is 28.7 Å². The van der Waals surface area contributed by atoms with Crippen molar-refractivity contribution in [2.75, 3.05) is 0 Å². The van der Waals surface area contributed by atoms with E-state index in [-0.39, 0.29) is 29.0 Å². The molecule has 4 aliphatic carbocycles. The molecule has 3 unspecified atom stereocenters. The minimum Gasteiger partial charge on any atom is -0.393 e. The number of hydrogen-bond acceptors (Lipinski definition) is 3. The summed E-state index contributed by atoms with van der Waals surface area (Å²) in [6.45, 7) is 4.57. The van der Waals surface area contributed by atoms with Gasteiger partial charge in [-0.25, -0.2) is 0 Å². The smallest absolute Gasteiger partial charge is 0.124 e. The Morgan fingerprint density at radius 3 is 2.70 bits per heavy atom. The Hall–Kier alpha value is -0.670. The Balaban J connectivity index is 1.73. The number of carbonyl (C=O) groups is 1. The average Bonchev–Trinajstić information content (AvgIpc) is 2.83. The maximum Gasteiger partial charge on any atom is 0.124 e. The van der Waals surface area contributed by atoms with Gasteiger partial charge in [0.05, 0.1) is 12.2 Å². The van der Waals surface area contributed by atoms with Gasteiger partial charge in [-0.2, -0.15) is 0 Å². The summed E-state index contributed by atoms with van der Waals surface area (Å²) in [6.07, 6.45) is 9.64. The lowest BCUT2D eigenvalue weighted by molar-refractivity contribution is -0.125. The van der Waals surface area contributed by atoms with Crippen molar-refractivity contribution in [2.24, 2.45) is 34.5 Å². The van der Waals surface area contributed by atoms with Crippen LogP contribution in [0.15, 0.2) is 11.6 Å². The van der Waals surface area contributed by atoms with Crippen molar-refractivity contribution in [1.29, 1.82) is 0 Å². The van der Waals surface area contributed by atoms with Crippen LogP contribution < -0.4 is 0 Å². The second kappa shape index (κ2) is 5.16. The van der Waals surface area contributed by atoms with E-state index in [1.54, 1.807) is 0 Å². The summed E-state index contributed by atoms with van der Waals surface area (Å²) >= 11 is 0. The number of aliphatic hydroxyl groups is 2. The maximum absolute atomic E-state index is 11.8. The van der Waals surface area contributed by atoms with Crippen molar-refractivity contribution in [1.82, 2.24) is 0 Å². The van der Waals surface area contributed by atoms with Gasteiger partial charge in [0.2, 0.25) is 0 Å². The Morgan fingerprint density at radius 2 is 1.96 bits per heavy atom. The summed E-state index contributed by atoms with van der Waals surface area (Å²) in [5, 5.41) is 20.7. The predicted octanol–water partition coefficient (Wildman–Crippen LogP) is 3.10. The molecule has 23 heavy (non-hydrogen) atoms. The Kier molecular flexibility index (Phi) is 3.55. The Morgan fingerprint density at radius 1 is 1.17 bits per heavy atom. The zero-order chi connectivity index (χ0) is 16.4. The molecule has 0 aliphatic heterocycles. The van der Waals surface area contributed by atoms with E-state index < -0.39 is 0 Å². The summed E-state index contributed by atoms with van der Waals surface area (Å²) in [6, 6.07) is 0. The topological polar surface area (TPSA) is 57.5 Å². The highest BCUT2D eigenvalue weighted by Gasteiger charge is 2.60. The summed E-state index contributed by atoms with van der Waals surface area (Å²) in [7, 11) is 0. The summed E-state index contributed by atoms with van der Waals surface area (Å²) in [5.41, 5.74) is 1.34. The van der Waals surface area contributed by atoms with Crippen molar-refractivity contribution in [3.05, 3.63) is 11.6 Å². The summed E-state index contributed by atoms with van der Waals surface area (Å²) in [4.78, 5) is 11.8. The quantitative estimate of drug-likeness (QED) is 0.577. The van der Waals surface area contributed by atoms with Gasteiger partial charge >= 0.3 is 0 Å². The normalized spacial score (nSPS) is 55.4. The molecule has 0 radical (unpaired) electrons. The van der Waals surface area contributed by atoms with Crippen molar-refractivity contribution in [3.8, 4) is 0 Å². The molecule has 0 spiro atoms. The molecule has 8 atom stereocenters. The first-order valence-corrected chi connectivity index (χ1v) is 9.42. The van der Waals surface area contributed by atoms with E-state index >= 15 is 0 Å². The number of aldehydes is 1. The van der Waals surface area contributed by atoms with Gasteiger partial charge in [-0.15, -0.1) is 0 Å². The van der Waals surface area contributed by atoms with Crippen molar-refractivity contribution < 1.29 is 15.0 Å². The van der Waals surface area contributed by atoms with Gasteiger partial charge in [-0.05, 0) is 68.1 Å². The van der Waals surface area contributed by atoms with Gasteiger partial charge in [-0.1, -0.05) is 25.5 Å². The summed E-state index contributed by atoms with van der Waals surface area (Å²) < 4.78 is 0. The van der Waals surface area contributed by atoms with E-state index in [2.05, 4.69) is 19.9 Å². The van der Waals surface area contributed by atoms with Crippen LogP contribution in [0, 0.1) is 34.5 Å². The van der Waals surface area contributed by atoms with Crippen LogP contribution in [-0.2, 0) is 4.79 Å². The van der Waals surface area contributed by atoms with E-state index in [1.165, 1.54) is 5.57 Å². The fourth-order valence-corrected chi connectivity index (χ4v) is 6.96. The Labute approximate surface area is 139 Å². The highest BCUT2D eigenvalue weighted by Crippen LogP contribution is 2.65. The third-order valence-corrected chi connectivity index (χ3v) is 8.40. The van der Waals surface area contributed by atoms with Gasteiger partial charge in [0, 0.05) is 11.3 Å². The third-order valence-electron chi connectivity index (χ3n) is 8.40. The van der Waals surface area contributed by atoms with Crippen molar-refractivity contribution >= 4 is 6.29 Å². The van der Waals surface area contributed by atoms with E-state index in [4.69, 9.17) is 0 Å². The lowest BCUT2D eigenvalue weighted by atomic mass is 9.45. The van der Waals surface area contributed by atoms with Crippen LogP contribution in [0.2, 0.25) is 0 Å². The first-order chi connectivity index (χ1) is 10.9. The molecule has 0 aromatic heterocycles. The largest absolute Gasteiger partial charge is 0.393 e. The van der Waals surface area contributed by atoms with Crippen molar-refractivity contribution in [3.63, 3.8) is 0 Å². The lowest BCUT2D eigenvalue weighted by Crippen LogP contribution is -2.54. The van der Waals surface area contributed by atoms with Gasteiger partial charge in [0.1, 0.15) is 6.29 Å². The molecule has 3 saturated carbocycles. The monoisotopic (exact) mass is 318 g/mol. The second-order valence-electron chi connectivity index (χ2n) is 9.10. The molecule has 2 N–H and O–H groups in total. The van der Waals surface area contributed by atoms with Crippen LogP contribution in [0.5, 0.6) is 0 Å². The fourth-order valence-electron chi connectivity index (χ4n) is 6.96. The number of rotatable bonds is 1. The standard InChI is InChI=1S/C20H30O3/c1-19-8-7-17-15(16(19)5-6-18(19)23)4-3-12-9-14(22)10-13(11-21)20(12,17)2/h3,11,13-18,22-23H,4-10H2,1-2H3/t13?,14?,15-,16-,17+,18?,19-,20+/m0/s1. The van der Waals surface area contributed by atoms with E-state index in [9.17, 15) is 15.0 Å². The van der Waals surface area contributed by atoms with Crippen LogP contribution >= 0.6 is 0 Å². The zero-order valence-electron chi connectivity index (χ0n) is 14.4. The van der Waals surface area contributed by atoms with Crippen LogP contribution in [0.3, 0.4) is 0 Å². The molecule has 0 heterocycles. The zero-order valence-corrected chi connectivity index (χ0v) is 14.4. The van der Waals surface area contributed by atoms with E-state index in [1.807, 2.05) is 0 Å². The molecule has 0 saturated heterocycles. The predicted molar refractivity (Wildman–Crippen MR) is 88.7 cm³/mol. The highest BCUT2D eigenvalue weighted by atomic mass is 16.3. The van der Waals surface area contributed by atoms with E-state index in [0.717, 1.165) is 44.8 Å². The van der Waals surface area contributed by atoms with Gasteiger partial charge < -0.3 is 15.0 Å². The molecule has 4 rings (SSSR count). The number of hydrogen-bond donors (Lipinski definition) is 2. The van der Waals surface area contributed by atoms with Gasteiger partial charge in [0.25, 0.3) is 0 Å². The molecule has 3 nitrogen and oxygen atoms in total. The van der Waals surface area contributed by atoms with Crippen LogP contribution in [0.25, 0.3) is 0 Å². The molecule has 128 valence electrons. The van der Waals surface area contributed by atoms with Crippen molar-refractivity contribution in [2.45, 2.75) is 71.0 Å². The number of carbonyl (C=O) groups excluding carboxylic acids is 1. The minimum atomic E-state index is -0.358. The molecule has 0 amide bonds. The molecule has 3 heteroatoms. The second-order valence-corrected chi connectivity index (χ2v) is 9.10. The minimum absolute atomic E-state index is 0.0546. The first-order valence-electron chi connectivity index (χ1n) is 9.42. The fraction of sp³-hybridized carbons (Fsp3) is 0.850. The van der Waals surface area contributed by atoms with Crippen LogP contribution in [0.1, 0.15) is 58.8 Å². The number of allylic oxidation sites excluding steroid dienone is 1. The molecule has 3 fully saturated rings. The highest BCUT2D eigenvalue weighted by molar-refractivity contribution is 5.58. The molecule has 0 aromatic rings. The van der Waals surface area contributed by atoms with Crippen LogP contribution in [0.4, 0.5) is 0 Å². The van der Waals surface area contributed by atoms with E-state index in [0.29, 0.717) is 24.2 Å². The lowest BCUT2D eigenvalue weighted by Gasteiger charge is -2.59. The SMILES string of the molecule is C[C@]12CC[C@@H]3[C@@H](CC=C4CC(O)CC(C=O)[C@@]43C)[C@@H]1CCC2O. The molecule has 0 bridgehead atoms. The molecular weight excluding hydrogens is 288 g/mol. The van der Waals surface area contributed by atoms with Gasteiger partial charge in [0.15, 0.2) is 0 Å².